The first-order chi connectivity index (χ1) is 7.27. The number of carbonyl (C=O) groups is 1. The molecule has 0 saturated carbocycles. The van der Waals surface area contributed by atoms with Crippen LogP contribution >= 0.6 is 22.9 Å². The highest BCUT2D eigenvalue weighted by molar-refractivity contribution is 14.1. The molecule has 1 unspecified atom stereocenters. The van der Waals surface area contributed by atoms with Gasteiger partial charge in [-0.1, -0.05) is 30.3 Å². The highest BCUT2D eigenvalue weighted by Gasteiger charge is 2.18. The topological polar surface area (TPSA) is 38.3 Å². The fourth-order valence-electron chi connectivity index (χ4n) is 1.26. The van der Waals surface area contributed by atoms with Crippen LogP contribution in [0.25, 0.3) is 0 Å². The molecule has 1 aromatic rings. The zero-order valence-electron chi connectivity index (χ0n) is 8.57. The SMILES string of the molecule is CCOC(=O)C(Cc1ccccc1)NI. The van der Waals surface area contributed by atoms with E-state index in [-0.39, 0.29) is 12.0 Å². The van der Waals surface area contributed by atoms with Gasteiger partial charge in [0.05, 0.1) is 6.61 Å². The minimum Gasteiger partial charge on any atom is -0.465 e. The molecule has 0 aliphatic heterocycles. The van der Waals surface area contributed by atoms with Gasteiger partial charge in [0.25, 0.3) is 0 Å². The number of halogens is 1. The quantitative estimate of drug-likeness (QED) is 0.513. The van der Waals surface area contributed by atoms with Crippen LogP contribution in [-0.2, 0) is 16.0 Å². The number of ether oxygens (including phenoxy) is 1. The third kappa shape index (κ3) is 4.17. The molecule has 0 bridgehead atoms. The highest BCUT2D eigenvalue weighted by atomic mass is 127. The Morgan fingerprint density at radius 2 is 2.13 bits per heavy atom. The Morgan fingerprint density at radius 1 is 1.47 bits per heavy atom. The molecule has 1 aromatic carbocycles. The zero-order valence-corrected chi connectivity index (χ0v) is 10.7. The molecule has 15 heavy (non-hydrogen) atoms. The van der Waals surface area contributed by atoms with Crippen LogP contribution in [0.2, 0.25) is 0 Å². The molecule has 0 fully saturated rings. The monoisotopic (exact) mass is 319 g/mol. The van der Waals surface area contributed by atoms with Gasteiger partial charge in [0.1, 0.15) is 6.04 Å². The smallest absolute Gasteiger partial charge is 0.324 e. The first kappa shape index (κ1) is 12.4. The summed E-state index contributed by atoms with van der Waals surface area (Å²) in [6.45, 7) is 2.23. The van der Waals surface area contributed by atoms with Crippen molar-refractivity contribution in [2.45, 2.75) is 19.4 Å². The normalized spacial score (nSPS) is 12.1. The standard InChI is InChI=1S/C11H14INO2/c1-2-15-11(14)10(13-12)8-9-6-4-3-5-7-9/h3-7,10,13H,2,8H2,1H3. The number of esters is 1. The number of carbonyl (C=O) groups excluding carboxylic acids is 1. The van der Waals surface area contributed by atoms with Crippen molar-refractivity contribution in [2.75, 3.05) is 6.61 Å². The van der Waals surface area contributed by atoms with Crippen LogP contribution < -0.4 is 3.53 Å². The Bertz CT molecular complexity index is 303. The molecule has 1 N–H and O–H groups in total. The van der Waals surface area contributed by atoms with Gasteiger partial charge in [0.2, 0.25) is 0 Å². The molecular weight excluding hydrogens is 305 g/mol. The lowest BCUT2D eigenvalue weighted by Crippen LogP contribution is -2.34. The van der Waals surface area contributed by atoms with Gasteiger partial charge in [-0.25, -0.2) is 3.53 Å². The van der Waals surface area contributed by atoms with Gasteiger partial charge >= 0.3 is 5.97 Å². The summed E-state index contributed by atoms with van der Waals surface area (Å²) in [5.41, 5.74) is 1.12. The van der Waals surface area contributed by atoms with Gasteiger partial charge in [-0.05, 0) is 18.9 Å². The lowest BCUT2D eigenvalue weighted by Gasteiger charge is -2.13. The molecule has 0 saturated heterocycles. The molecular formula is C11H14INO2. The maximum atomic E-state index is 11.5. The van der Waals surface area contributed by atoms with Gasteiger partial charge in [-0.2, -0.15) is 0 Å². The number of hydrogen-bond donors (Lipinski definition) is 1. The Hall–Kier alpha value is -0.620. The third-order valence-electron chi connectivity index (χ3n) is 1.99. The number of nitrogens with one attached hydrogen (secondary N) is 1. The molecule has 82 valence electrons. The number of benzene rings is 1. The average molecular weight is 319 g/mol. The molecule has 0 aromatic heterocycles. The summed E-state index contributed by atoms with van der Waals surface area (Å²) in [5, 5.41) is 0. The van der Waals surface area contributed by atoms with Crippen molar-refractivity contribution in [3.05, 3.63) is 35.9 Å². The molecule has 0 aliphatic carbocycles. The first-order valence-electron chi connectivity index (χ1n) is 4.84. The second-order valence-electron chi connectivity index (χ2n) is 3.10. The van der Waals surface area contributed by atoms with E-state index < -0.39 is 0 Å². The van der Waals surface area contributed by atoms with Crippen molar-refractivity contribution in [2.24, 2.45) is 0 Å². The van der Waals surface area contributed by atoms with E-state index in [1.807, 2.05) is 60.1 Å². The van der Waals surface area contributed by atoms with Crippen LogP contribution in [0.1, 0.15) is 12.5 Å². The fraction of sp³-hybridized carbons (Fsp3) is 0.364. The predicted octanol–water partition coefficient (Wildman–Crippen LogP) is 2.10. The van der Waals surface area contributed by atoms with Crippen LogP contribution in [0.3, 0.4) is 0 Å². The van der Waals surface area contributed by atoms with E-state index in [4.69, 9.17) is 4.74 Å². The molecule has 0 radical (unpaired) electrons. The molecule has 0 aliphatic rings. The van der Waals surface area contributed by atoms with Crippen LogP contribution in [0.4, 0.5) is 0 Å². The second-order valence-corrected chi connectivity index (χ2v) is 3.73. The lowest BCUT2D eigenvalue weighted by atomic mass is 10.1. The van der Waals surface area contributed by atoms with Crippen molar-refractivity contribution < 1.29 is 9.53 Å². The predicted molar refractivity (Wildman–Crippen MR) is 67.7 cm³/mol. The minimum atomic E-state index is -0.270. The van der Waals surface area contributed by atoms with Crippen molar-refractivity contribution in [3.63, 3.8) is 0 Å². The maximum absolute atomic E-state index is 11.5. The van der Waals surface area contributed by atoms with Crippen molar-refractivity contribution in [1.82, 2.24) is 3.53 Å². The molecule has 1 atom stereocenters. The zero-order chi connectivity index (χ0) is 11.1. The Morgan fingerprint density at radius 3 is 2.67 bits per heavy atom. The van der Waals surface area contributed by atoms with Crippen molar-refractivity contribution in [3.8, 4) is 0 Å². The van der Waals surface area contributed by atoms with Crippen LogP contribution in [-0.4, -0.2) is 18.6 Å². The Kier molecular flexibility index (Phi) is 5.63. The summed E-state index contributed by atoms with van der Waals surface area (Å²) in [6.07, 6.45) is 0.655. The lowest BCUT2D eigenvalue weighted by molar-refractivity contribution is -0.144. The van der Waals surface area contributed by atoms with E-state index >= 15 is 0 Å². The van der Waals surface area contributed by atoms with E-state index in [0.29, 0.717) is 13.0 Å². The molecule has 3 nitrogen and oxygen atoms in total. The van der Waals surface area contributed by atoms with Gasteiger partial charge in [-0.3, -0.25) is 4.79 Å². The highest BCUT2D eigenvalue weighted by Crippen LogP contribution is 2.05. The average Bonchev–Trinajstić information content (AvgIpc) is 2.27. The Labute approximate surface area is 104 Å². The van der Waals surface area contributed by atoms with Crippen molar-refractivity contribution in [1.29, 1.82) is 0 Å². The molecule has 1 rings (SSSR count). The third-order valence-corrected chi connectivity index (χ3v) is 2.74. The summed E-state index contributed by atoms with van der Waals surface area (Å²) in [6, 6.07) is 9.61. The van der Waals surface area contributed by atoms with E-state index in [0.717, 1.165) is 5.56 Å². The fourth-order valence-corrected chi connectivity index (χ4v) is 1.73. The van der Waals surface area contributed by atoms with Gasteiger partial charge in [-0.15, -0.1) is 0 Å². The largest absolute Gasteiger partial charge is 0.465 e. The van der Waals surface area contributed by atoms with Gasteiger partial charge < -0.3 is 4.74 Å². The van der Waals surface area contributed by atoms with Crippen molar-refractivity contribution >= 4 is 28.8 Å². The summed E-state index contributed by atoms with van der Waals surface area (Å²) in [7, 11) is 0. The first-order valence-corrected chi connectivity index (χ1v) is 5.92. The summed E-state index contributed by atoms with van der Waals surface area (Å²) in [4.78, 5) is 11.5. The molecule has 4 heteroatoms. The summed E-state index contributed by atoms with van der Waals surface area (Å²) in [5.74, 6) is -0.198. The second kappa shape index (κ2) is 6.79. The minimum absolute atomic E-state index is 0.198. The summed E-state index contributed by atoms with van der Waals surface area (Å²) >= 11 is 1.98. The van der Waals surface area contributed by atoms with E-state index in [1.54, 1.807) is 0 Å². The van der Waals surface area contributed by atoms with Gasteiger partial charge in [0.15, 0.2) is 0 Å². The summed E-state index contributed by atoms with van der Waals surface area (Å²) < 4.78 is 7.89. The molecule has 0 spiro atoms. The number of rotatable bonds is 5. The number of hydrogen-bond acceptors (Lipinski definition) is 3. The van der Waals surface area contributed by atoms with E-state index in [9.17, 15) is 4.79 Å². The van der Waals surface area contributed by atoms with Crippen LogP contribution in [0.15, 0.2) is 30.3 Å². The van der Waals surface area contributed by atoms with Crippen LogP contribution in [0.5, 0.6) is 0 Å². The molecule has 0 heterocycles. The Balaban J connectivity index is 2.58. The maximum Gasteiger partial charge on any atom is 0.324 e. The van der Waals surface area contributed by atoms with Gasteiger partial charge in [0, 0.05) is 22.9 Å². The van der Waals surface area contributed by atoms with E-state index in [1.165, 1.54) is 0 Å². The molecule has 0 amide bonds. The van der Waals surface area contributed by atoms with Crippen LogP contribution in [0, 0.1) is 0 Å². The van der Waals surface area contributed by atoms with E-state index in [2.05, 4.69) is 3.53 Å².